The molecule has 41 heavy (non-hydrogen) atoms. The van der Waals surface area contributed by atoms with Gasteiger partial charge in [-0.2, -0.15) is 9.57 Å². The van der Waals surface area contributed by atoms with E-state index in [1.165, 1.54) is 22.5 Å². The molecule has 15 heteroatoms. The standard InChI is InChI=1S/C26H25F3N6O5S/c1-17-15-20(35(13-10-30)24(31)37)6-5-18(17)7-14-41(38,39)34-11-8-25(9-12-34)23(36)32-22(33-25)19-3-2-4-21(16-19)40-26(27,28)29/h2-7,14-16H,8-9,11-13H2,1H3,(H2,31,37)(H,32,33,36)/b14-7+. The Hall–Kier alpha value is -4.42. The summed E-state index contributed by atoms with van der Waals surface area (Å²) in [4.78, 5) is 30.0. The number of nitrogens with two attached hydrogens (primary N) is 1. The number of urea groups is 1. The molecule has 11 nitrogen and oxygen atoms in total. The molecular weight excluding hydrogens is 565 g/mol. The number of sulfonamides is 1. The van der Waals surface area contributed by atoms with Crippen LogP contribution in [-0.4, -0.2) is 62.0 Å². The van der Waals surface area contributed by atoms with E-state index in [4.69, 9.17) is 11.0 Å². The topological polar surface area (TPSA) is 158 Å². The highest BCUT2D eigenvalue weighted by atomic mass is 32.2. The summed E-state index contributed by atoms with van der Waals surface area (Å²) in [6.45, 7) is 1.46. The first kappa shape index (κ1) is 29.6. The molecule has 2 aliphatic heterocycles. The smallest absolute Gasteiger partial charge is 0.406 e. The third-order valence-electron chi connectivity index (χ3n) is 6.71. The minimum Gasteiger partial charge on any atom is -0.406 e. The average Bonchev–Trinajstić information content (AvgIpc) is 3.21. The van der Waals surface area contributed by atoms with E-state index in [0.29, 0.717) is 16.8 Å². The van der Waals surface area contributed by atoms with Crippen molar-refractivity contribution in [3.8, 4) is 11.8 Å². The van der Waals surface area contributed by atoms with Gasteiger partial charge in [0.1, 0.15) is 23.7 Å². The molecule has 2 aliphatic rings. The number of aliphatic imine (C=N–C) groups is 1. The third kappa shape index (κ3) is 6.67. The molecule has 2 heterocycles. The van der Waals surface area contributed by atoms with Gasteiger partial charge in [-0.25, -0.2) is 13.2 Å². The van der Waals surface area contributed by atoms with E-state index in [9.17, 15) is 31.2 Å². The fraction of sp³-hybridized carbons (Fsp3) is 0.308. The lowest BCUT2D eigenvalue weighted by Crippen LogP contribution is -2.50. The van der Waals surface area contributed by atoms with Gasteiger partial charge in [-0.1, -0.05) is 18.2 Å². The Balaban J connectivity index is 1.45. The Morgan fingerprint density at radius 3 is 2.59 bits per heavy atom. The Labute approximate surface area is 233 Å². The number of nitrogens with zero attached hydrogens (tertiary/aromatic N) is 4. The first-order valence-corrected chi connectivity index (χ1v) is 13.7. The van der Waals surface area contributed by atoms with Gasteiger partial charge in [-0.05, 0) is 61.2 Å². The van der Waals surface area contributed by atoms with E-state index in [1.54, 1.807) is 25.1 Å². The summed E-state index contributed by atoms with van der Waals surface area (Å²) < 4.78 is 69.0. The van der Waals surface area contributed by atoms with Crippen LogP contribution in [0.3, 0.4) is 0 Å². The van der Waals surface area contributed by atoms with Crippen molar-refractivity contribution in [2.75, 3.05) is 24.5 Å². The number of ether oxygens (including phenoxy) is 1. The highest BCUT2D eigenvalue weighted by Gasteiger charge is 2.47. The fourth-order valence-electron chi connectivity index (χ4n) is 4.57. The van der Waals surface area contributed by atoms with Gasteiger partial charge in [0.25, 0.3) is 5.91 Å². The van der Waals surface area contributed by atoms with Crippen LogP contribution < -0.4 is 20.7 Å². The summed E-state index contributed by atoms with van der Waals surface area (Å²) in [6.07, 6.45) is -3.32. The van der Waals surface area contributed by atoms with Crippen molar-refractivity contribution in [2.45, 2.75) is 31.7 Å². The normalized spacial score (nSPS) is 17.2. The van der Waals surface area contributed by atoms with Crippen molar-refractivity contribution >= 4 is 39.6 Å². The molecule has 0 saturated carbocycles. The van der Waals surface area contributed by atoms with E-state index in [-0.39, 0.29) is 43.9 Å². The number of carbonyl (C=O) groups is 2. The first-order chi connectivity index (χ1) is 19.2. The number of anilines is 1. The summed E-state index contributed by atoms with van der Waals surface area (Å²) in [5.41, 5.74) is 5.90. The molecule has 216 valence electrons. The van der Waals surface area contributed by atoms with Crippen LogP contribution in [0, 0.1) is 18.3 Å². The lowest BCUT2D eigenvalue weighted by molar-refractivity contribution is -0.274. The number of nitriles is 1. The number of piperidine rings is 1. The van der Waals surface area contributed by atoms with E-state index in [1.807, 2.05) is 6.07 Å². The van der Waals surface area contributed by atoms with Crippen LogP contribution >= 0.6 is 0 Å². The number of hydrogen-bond donors (Lipinski definition) is 2. The number of benzene rings is 2. The number of alkyl halides is 3. The molecule has 0 aliphatic carbocycles. The number of halogens is 3. The summed E-state index contributed by atoms with van der Waals surface area (Å²) in [6, 6.07) is 10.9. The summed E-state index contributed by atoms with van der Waals surface area (Å²) in [7, 11) is -3.88. The molecule has 3 N–H and O–H groups in total. The minimum absolute atomic E-state index is 0.00620. The highest BCUT2D eigenvalue weighted by molar-refractivity contribution is 7.92. The lowest BCUT2D eigenvalue weighted by atomic mass is 9.89. The van der Waals surface area contributed by atoms with Crippen LogP contribution in [0.2, 0.25) is 0 Å². The number of nitrogens with one attached hydrogen (secondary N) is 1. The first-order valence-electron chi connectivity index (χ1n) is 12.2. The van der Waals surface area contributed by atoms with E-state index < -0.39 is 39.6 Å². The van der Waals surface area contributed by atoms with Gasteiger partial charge in [0.2, 0.25) is 10.0 Å². The van der Waals surface area contributed by atoms with Crippen molar-refractivity contribution in [1.29, 1.82) is 5.26 Å². The minimum atomic E-state index is -4.88. The van der Waals surface area contributed by atoms with Crippen molar-refractivity contribution < 1.29 is 35.9 Å². The van der Waals surface area contributed by atoms with Gasteiger partial charge in [0.05, 0.1) is 6.07 Å². The SMILES string of the molecule is Cc1cc(N(CC#N)C(N)=O)ccc1/C=C/S(=O)(=O)N1CCC2(CC1)N=C(c1cccc(OC(F)(F)F)c1)NC2=O. The van der Waals surface area contributed by atoms with Crippen molar-refractivity contribution in [3.05, 3.63) is 64.6 Å². The van der Waals surface area contributed by atoms with Gasteiger partial charge < -0.3 is 15.8 Å². The van der Waals surface area contributed by atoms with Crippen LogP contribution in [-0.2, 0) is 14.8 Å². The van der Waals surface area contributed by atoms with Gasteiger partial charge in [-0.15, -0.1) is 13.2 Å². The molecule has 0 radical (unpaired) electrons. The molecule has 0 atom stereocenters. The van der Waals surface area contributed by atoms with Crippen LogP contribution in [0.15, 0.2) is 52.9 Å². The zero-order valence-electron chi connectivity index (χ0n) is 21.7. The van der Waals surface area contributed by atoms with Crippen molar-refractivity contribution in [3.63, 3.8) is 0 Å². The zero-order valence-corrected chi connectivity index (χ0v) is 22.5. The summed E-state index contributed by atoms with van der Waals surface area (Å²) in [5, 5.41) is 12.6. The maximum absolute atomic E-state index is 13.0. The van der Waals surface area contributed by atoms with Crippen LogP contribution in [0.5, 0.6) is 5.75 Å². The summed E-state index contributed by atoms with van der Waals surface area (Å²) in [5.74, 6) is -0.834. The van der Waals surface area contributed by atoms with Gasteiger partial charge in [0, 0.05) is 29.7 Å². The number of amidine groups is 1. The third-order valence-corrected chi connectivity index (χ3v) is 8.28. The molecule has 3 amide bonds. The predicted octanol–water partition coefficient (Wildman–Crippen LogP) is 3.01. The number of primary amides is 1. The Morgan fingerprint density at radius 1 is 1.27 bits per heavy atom. The number of amides is 3. The quantitative estimate of drug-likeness (QED) is 0.472. The van der Waals surface area contributed by atoms with Crippen molar-refractivity contribution in [1.82, 2.24) is 9.62 Å². The number of rotatable bonds is 7. The van der Waals surface area contributed by atoms with Crippen molar-refractivity contribution in [2.24, 2.45) is 10.7 Å². The molecule has 4 rings (SSSR count). The monoisotopic (exact) mass is 590 g/mol. The highest BCUT2D eigenvalue weighted by Crippen LogP contribution is 2.33. The number of carbonyl (C=O) groups excluding carboxylic acids is 2. The molecule has 0 bridgehead atoms. The van der Waals surface area contributed by atoms with Gasteiger partial charge in [0.15, 0.2) is 0 Å². The molecule has 2 aromatic rings. The van der Waals surface area contributed by atoms with Gasteiger partial charge in [-0.3, -0.25) is 14.7 Å². The van der Waals surface area contributed by atoms with Gasteiger partial charge >= 0.3 is 12.4 Å². The Kier molecular flexibility index (Phi) is 8.09. The fourth-order valence-corrected chi connectivity index (χ4v) is 5.75. The van der Waals surface area contributed by atoms with Crippen LogP contribution in [0.4, 0.5) is 23.7 Å². The largest absolute Gasteiger partial charge is 0.573 e. The molecule has 1 saturated heterocycles. The van der Waals surface area contributed by atoms with E-state index in [2.05, 4.69) is 15.0 Å². The maximum Gasteiger partial charge on any atom is 0.573 e. The van der Waals surface area contributed by atoms with E-state index in [0.717, 1.165) is 22.4 Å². The van der Waals surface area contributed by atoms with E-state index >= 15 is 0 Å². The predicted molar refractivity (Wildman–Crippen MR) is 143 cm³/mol. The molecule has 1 spiro atoms. The van der Waals surface area contributed by atoms with Crippen LogP contribution in [0.25, 0.3) is 6.08 Å². The maximum atomic E-state index is 13.0. The van der Waals surface area contributed by atoms with Crippen LogP contribution in [0.1, 0.15) is 29.5 Å². The molecule has 2 aromatic carbocycles. The molecule has 0 unspecified atom stereocenters. The molecule has 1 fully saturated rings. The molecule has 0 aromatic heterocycles. The Bertz CT molecular complexity index is 1570. The number of hydrogen-bond acceptors (Lipinski definition) is 7. The zero-order chi connectivity index (χ0) is 30.0. The lowest BCUT2D eigenvalue weighted by Gasteiger charge is -2.34. The average molecular weight is 591 g/mol. The summed E-state index contributed by atoms with van der Waals surface area (Å²) >= 11 is 0. The Morgan fingerprint density at radius 2 is 1.98 bits per heavy atom. The number of aryl methyl sites for hydroxylation is 1. The second-order valence-corrected chi connectivity index (χ2v) is 11.2. The molecular formula is C26H25F3N6O5S. The second-order valence-electron chi connectivity index (χ2n) is 9.39. The second kappa shape index (κ2) is 11.2.